The standard InChI is InChI=1S/C17H18N2O4/c1-3-12-7-4-6-11(2)15(12)18-14(20)10-19-9-5-8-13(16(19)21)17(22)23/h4-9H,3,10H2,1-2H3,(H,18,20)(H,22,23). The van der Waals surface area contributed by atoms with Crippen LogP contribution in [0.1, 0.15) is 28.4 Å². The number of carbonyl (C=O) groups is 2. The molecule has 0 radical (unpaired) electrons. The van der Waals surface area contributed by atoms with Crippen LogP contribution in [0.5, 0.6) is 0 Å². The van der Waals surface area contributed by atoms with Crippen molar-refractivity contribution < 1.29 is 14.7 Å². The number of pyridine rings is 1. The summed E-state index contributed by atoms with van der Waals surface area (Å²) in [5.74, 6) is -1.68. The Morgan fingerprint density at radius 1 is 1.22 bits per heavy atom. The third-order valence-electron chi connectivity index (χ3n) is 3.57. The molecular formula is C17H18N2O4. The summed E-state index contributed by atoms with van der Waals surface area (Å²) in [6.45, 7) is 3.65. The lowest BCUT2D eigenvalue weighted by atomic mass is 10.1. The molecule has 2 rings (SSSR count). The Labute approximate surface area is 133 Å². The molecule has 0 aliphatic rings. The second-order valence-corrected chi connectivity index (χ2v) is 5.17. The fourth-order valence-corrected chi connectivity index (χ4v) is 2.36. The normalized spacial score (nSPS) is 10.3. The average Bonchev–Trinajstić information content (AvgIpc) is 2.51. The van der Waals surface area contributed by atoms with Gasteiger partial charge in [-0.3, -0.25) is 9.59 Å². The number of nitrogens with zero attached hydrogens (tertiary/aromatic N) is 1. The van der Waals surface area contributed by atoms with E-state index in [1.807, 2.05) is 32.0 Å². The van der Waals surface area contributed by atoms with E-state index in [0.29, 0.717) is 0 Å². The van der Waals surface area contributed by atoms with E-state index in [1.54, 1.807) is 0 Å². The number of carbonyl (C=O) groups excluding carboxylic acids is 1. The molecule has 0 aliphatic carbocycles. The molecule has 0 saturated heterocycles. The number of hydrogen-bond acceptors (Lipinski definition) is 3. The number of rotatable bonds is 5. The summed E-state index contributed by atoms with van der Waals surface area (Å²) in [6, 6.07) is 8.40. The predicted octanol–water partition coefficient (Wildman–Crippen LogP) is 2.06. The van der Waals surface area contributed by atoms with Crippen LogP contribution >= 0.6 is 0 Å². The number of aromatic carboxylic acids is 1. The third kappa shape index (κ3) is 3.66. The van der Waals surface area contributed by atoms with E-state index in [1.165, 1.54) is 18.3 Å². The molecule has 0 fully saturated rings. The summed E-state index contributed by atoms with van der Waals surface area (Å²) in [5.41, 5.74) is 1.62. The summed E-state index contributed by atoms with van der Waals surface area (Å²) in [5, 5.41) is 11.8. The first-order valence-electron chi connectivity index (χ1n) is 7.25. The Balaban J connectivity index is 2.23. The van der Waals surface area contributed by atoms with Crippen LogP contribution in [0.3, 0.4) is 0 Å². The van der Waals surface area contributed by atoms with Crippen LogP contribution in [0, 0.1) is 6.92 Å². The topological polar surface area (TPSA) is 88.4 Å². The average molecular weight is 314 g/mol. The van der Waals surface area contributed by atoms with E-state index in [9.17, 15) is 14.4 Å². The van der Waals surface area contributed by atoms with Crippen LogP contribution < -0.4 is 10.9 Å². The van der Waals surface area contributed by atoms with Crippen LogP contribution in [0.25, 0.3) is 0 Å². The lowest BCUT2D eigenvalue weighted by Crippen LogP contribution is -2.30. The van der Waals surface area contributed by atoms with Crippen LogP contribution in [0.15, 0.2) is 41.3 Å². The van der Waals surface area contributed by atoms with Crippen LogP contribution in [0.2, 0.25) is 0 Å². The summed E-state index contributed by atoms with van der Waals surface area (Å²) >= 11 is 0. The van der Waals surface area contributed by atoms with Gasteiger partial charge in [-0.1, -0.05) is 25.1 Å². The van der Waals surface area contributed by atoms with Gasteiger partial charge in [0.2, 0.25) is 5.91 Å². The van der Waals surface area contributed by atoms with Gasteiger partial charge in [0.1, 0.15) is 12.1 Å². The van der Waals surface area contributed by atoms with E-state index in [-0.39, 0.29) is 18.0 Å². The van der Waals surface area contributed by atoms with Crippen molar-refractivity contribution in [2.24, 2.45) is 0 Å². The van der Waals surface area contributed by atoms with E-state index in [2.05, 4.69) is 5.32 Å². The predicted molar refractivity (Wildman–Crippen MR) is 86.8 cm³/mol. The lowest BCUT2D eigenvalue weighted by molar-refractivity contribution is -0.116. The van der Waals surface area contributed by atoms with Gasteiger partial charge in [-0.05, 0) is 36.6 Å². The molecule has 1 aromatic carbocycles. The Kier molecular flexibility index (Phi) is 4.95. The number of anilines is 1. The van der Waals surface area contributed by atoms with Crippen molar-refractivity contribution >= 4 is 17.6 Å². The smallest absolute Gasteiger partial charge is 0.341 e. The van der Waals surface area contributed by atoms with Crippen molar-refractivity contribution in [3.63, 3.8) is 0 Å². The first kappa shape index (κ1) is 16.5. The molecular weight excluding hydrogens is 296 g/mol. The minimum Gasteiger partial charge on any atom is -0.477 e. The van der Waals surface area contributed by atoms with Crippen LogP contribution in [-0.4, -0.2) is 21.6 Å². The highest BCUT2D eigenvalue weighted by molar-refractivity contribution is 5.92. The van der Waals surface area contributed by atoms with Gasteiger partial charge in [-0.2, -0.15) is 0 Å². The Morgan fingerprint density at radius 2 is 1.96 bits per heavy atom. The molecule has 1 amide bonds. The van der Waals surface area contributed by atoms with Gasteiger partial charge in [0.15, 0.2) is 0 Å². The summed E-state index contributed by atoms with van der Waals surface area (Å²) in [7, 11) is 0. The zero-order chi connectivity index (χ0) is 17.0. The van der Waals surface area contributed by atoms with Crippen molar-refractivity contribution in [3.05, 3.63) is 63.6 Å². The highest BCUT2D eigenvalue weighted by atomic mass is 16.4. The number of aromatic nitrogens is 1. The second kappa shape index (κ2) is 6.91. The first-order chi connectivity index (χ1) is 10.9. The van der Waals surface area contributed by atoms with Gasteiger partial charge < -0.3 is 15.0 Å². The van der Waals surface area contributed by atoms with Gasteiger partial charge in [0, 0.05) is 11.9 Å². The molecule has 0 aliphatic heterocycles. The highest BCUT2D eigenvalue weighted by Crippen LogP contribution is 2.20. The number of nitrogens with one attached hydrogen (secondary N) is 1. The number of carboxylic acid groups (broad SMARTS) is 1. The minimum atomic E-state index is -1.31. The van der Waals surface area contributed by atoms with Crippen LogP contribution in [-0.2, 0) is 17.8 Å². The quantitative estimate of drug-likeness (QED) is 0.884. The summed E-state index contributed by atoms with van der Waals surface area (Å²) in [4.78, 5) is 35.2. The Bertz CT molecular complexity index is 808. The number of carboxylic acids is 1. The van der Waals surface area contributed by atoms with E-state index < -0.39 is 11.5 Å². The molecule has 6 nitrogen and oxygen atoms in total. The maximum atomic E-state index is 12.2. The molecule has 0 unspecified atom stereocenters. The number of hydrogen-bond donors (Lipinski definition) is 2. The van der Waals surface area contributed by atoms with Gasteiger partial charge in [0.25, 0.3) is 5.56 Å². The Morgan fingerprint density at radius 3 is 2.61 bits per heavy atom. The van der Waals surface area contributed by atoms with Crippen molar-refractivity contribution in [1.29, 1.82) is 0 Å². The molecule has 2 N–H and O–H groups in total. The Hall–Kier alpha value is -2.89. The molecule has 6 heteroatoms. The molecule has 120 valence electrons. The first-order valence-corrected chi connectivity index (χ1v) is 7.25. The van der Waals surface area contributed by atoms with Crippen molar-refractivity contribution in [3.8, 4) is 0 Å². The zero-order valence-electron chi connectivity index (χ0n) is 13.0. The van der Waals surface area contributed by atoms with E-state index in [4.69, 9.17) is 5.11 Å². The van der Waals surface area contributed by atoms with Gasteiger partial charge >= 0.3 is 5.97 Å². The van der Waals surface area contributed by atoms with Crippen LogP contribution in [0.4, 0.5) is 5.69 Å². The van der Waals surface area contributed by atoms with E-state index >= 15 is 0 Å². The minimum absolute atomic E-state index is 0.239. The number of amides is 1. The molecule has 0 spiro atoms. The highest BCUT2D eigenvalue weighted by Gasteiger charge is 2.13. The SMILES string of the molecule is CCc1cccc(C)c1NC(=O)Cn1cccc(C(=O)O)c1=O. The molecule has 23 heavy (non-hydrogen) atoms. The molecule has 0 bridgehead atoms. The van der Waals surface area contributed by atoms with Crippen molar-refractivity contribution in [2.75, 3.05) is 5.32 Å². The van der Waals surface area contributed by atoms with Gasteiger partial charge in [-0.15, -0.1) is 0 Å². The van der Waals surface area contributed by atoms with Gasteiger partial charge in [0.05, 0.1) is 0 Å². The fraction of sp³-hybridized carbons (Fsp3) is 0.235. The number of aryl methyl sites for hydroxylation is 2. The largest absolute Gasteiger partial charge is 0.477 e. The molecule has 1 aromatic heterocycles. The fourth-order valence-electron chi connectivity index (χ4n) is 2.36. The molecule has 1 heterocycles. The lowest BCUT2D eigenvalue weighted by Gasteiger charge is -2.13. The number of benzene rings is 1. The van der Waals surface area contributed by atoms with E-state index in [0.717, 1.165) is 27.8 Å². The van der Waals surface area contributed by atoms with Crippen molar-refractivity contribution in [1.82, 2.24) is 4.57 Å². The molecule has 0 saturated carbocycles. The molecule has 2 aromatic rings. The zero-order valence-corrected chi connectivity index (χ0v) is 13.0. The summed E-state index contributed by atoms with van der Waals surface area (Å²) < 4.78 is 1.09. The third-order valence-corrected chi connectivity index (χ3v) is 3.57. The molecule has 0 atom stereocenters. The number of para-hydroxylation sites is 1. The van der Waals surface area contributed by atoms with Gasteiger partial charge in [-0.25, -0.2) is 4.79 Å². The monoisotopic (exact) mass is 314 g/mol. The maximum absolute atomic E-state index is 12.2. The van der Waals surface area contributed by atoms with Crippen molar-refractivity contribution in [2.45, 2.75) is 26.8 Å². The summed E-state index contributed by atoms with van der Waals surface area (Å²) in [6.07, 6.45) is 2.17. The second-order valence-electron chi connectivity index (χ2n) is 5.17. The maximum Gasteiger partial charge on any atom is 0.341 e.